The van der Waals surface area contributed by atoms with Crippen molar-refractivity contribution >= 4 is 44.9 Å². The number of hydrogen-bond donors (Lipinski definition) is 0. The summed E-state index contributed by atoms with van der Waals surface area (Å²) in [5.41, 5.74) is 1.75. The van der Waals surface area contributed by atoms with Crippen molar-refractivity contribution < 1.29 is 9.59 Å². The number of para-hydroxylation sites is 1. The van der Waals surface area contributed by atoms with E-state index >= 15 is 0 Å². The molecule has 0 saturated carbocycles. The van der Waals surface area contributed by atoms with Crippen molar-refractivity contribution in [1.29, 1.82) is 0 Å². The molecule has 3 rings (SSSR count). The van der Waals surface area contributed by atoms with Crippen molar-refractivity contribution in [3.05, 3.63) is 57.3 Å². The maximum absolute atomic E-state index is 12.1. The Kier molecular flexibility index (Phi) is 3.31. The fraction of sp³-hybridized carbons (Fsp3) is 0.0714. The molecule has 100 valence electrons. The molecule has 1 aliphatic rings. The van der Waals surface area contributed by atoms with Crippen LogP contribution in [0, 0.1) is 0 Å². The van der Waals surface area contributed by atoms with Crippen LogP contribution in [0.1, 0.15) is 15.9 Å². The Balaban J connectivity index is 2.06. The fourth-order valence-electron chi connectivity index (χ4n) is 2.17. The number of pyridine rings is 1. The van der Waals surface area contributed by atoms with Crippen LogP contribution < -0.4 is 4.90 Å². The van der Waals surface area contributed by atoms with Crippen molar-refractivity contribution in [3.8, 4) is 0 Å². The van der Waals surface area contributed by atoms with Crippen molar-refractivity contribution in [2.45, 2.75) is 6.54 Å². The maximum Gasteiger partial charge on any atom is 0.299 e. The summed E-state index contributed by atoms with van der Waals surface area (Å²) in [6.07, 6.45) is 3.12. The molecule has 1 aliphatic heterocycles. The van der Waals surface area contributed by atoms with Gasteiger partial charge in [-0.2, -0.15) is 0 Å². The molecule has 0 spiro atoms. The minimum Gasteiger partial charge on any atom is -0.299 e. The van der Waals surface area contributed by atoms with Gasteiger partial charge in [-0.05, 0) is 39.7 Å². The maximum atomic E-state index is 12.1. The van der Waals surface area contributed by atoms with Gasteiger partial charge in [-0.15, -0.1) is 0 Å². The van der Waals surface area contributed by atoms with E-state index in [0.717, 1.165) is 5.56 Å². The average Bonchev–Trinajstić information content (AvgIpc) is 2.68. The highest BCUT2D eigenvalue weighted by molar-refractivity contribution is 9.10. The highest BCUT2D eigenvalue weighted by atomic mass is 79.9. The summed E-state index contributed by atoms with van der Waals surface area (Å²) in [6.45, 7) is 0.238. The molecule has 0 unspecified atom stereocenters. The third-order valence-electron chi connectivity index (χ3n) is 3.13. The molecule has 0 bridgehead atoms. The molecule has 0 radical (unpaired) electrons. The van der Waals surface area contributed by atoms with Crippen LogP contribution in [0.5, 0.6) is 0 Å². The minimum absolute atomic E-state index is 0.238. The second-order valence-electron chi connectivity index (χ2n) is 4.32. The Morgan fingerprint density at radius 1 is 1.25 bits per heavy atom. The second-order valence-corrected chi connectivity index (χ2v) is 5.59. The summed E-state index contributed by atoms with van der Waals surface area (Å²) in [5, 5.41) is 0.466. The summed E-state index contributed by atoms with van der Waals surface area (Å²) in [5.74, 6) is -1.04. The van der Waals surface area contributed by atoms with Crippen LogP contribution in [0.3, 0.4) is 0 Å². The number of anilines is 1. The molecule has 2 heterocycles. The van der Waals surface area contributed by atoms with E-state index in [4.69, 9.17) is 11.6 Å². The van der Waals surface area contributed by atoms with E-state index in [-0.39, 0.29) is 6.54 Å². The topological polar surface area (TPSA) is 50.3 Å². The first kappa shape index (κ1) is 13.3. The van der Waals surface area contributed by atoms with E-state index in [1.165, 1.54) is 11.1 Å². The third-order valence-corrected chi connectivity index (χ3v) is 4.11. The molecule has 20 heavy (non-hydrogen) atoms. The quantitative estimate of drug-likeness (QED) is 0.781. The number of carbonyl (C=O) groups is 2. The number of benzene rings is 1. The number of Topliss-reactive ketones (excluding diaryl/α,β-unsaturated/α-hetero) is 1. The number of fused-ring (bicyclic) bond motifs is 1. The third kappa shape index (κ3) is 2.03. The zero-order chi connectivity index (χ0) is 14.3. The van der Waals surface area contributed by atoms with Crippen LogP contribution in [0.2, 0.25) is 5.02 Å². The fourth-order valence-corrected chi connectivity index (χ4v) is 2.92. The molecule has 0 atom stereocenters. The second kappa shape index (κ2) is 5.00. The summed E-state index contributed by atoms with van der Waals surface area (Å²) in [4.78, 5) is 29.4. The monoisotopic (exact) mass is 350 g/mol. The van der Waals surface area contributed by atoms with Crippen LogP contribution in [0.4, 0.5) is 5.69 Å². The lowest BCUT2D eigenvalue weighted by atomic mass is 10.1. The lowest BCUT2D eigenvalue weighted by molar-refractivity contribution is -0.114. The number of carbonyl (C=O) groups excluding carboxylic acids is 2. The number of amides is 1. The molecule has 6 heteroatoms. The smallest absolute Gasteiger partial charge is 0.299 e. The van der Waals surface area contributed by atoms with Gasteiger partial charge in [-0.25, -0.2) is 0 Å². The van der Waals surface area contributed by atoms with E-state index in [2.05, 4.69) is 20.9 Å². The van der Waals surface area contributed by atoms with Gasteiger partial charge in [0.2, 0.25) is 0 Å². The molecule has 1 aromatic heterocycles. The van der Waals surface area contributed by atoms with E-state index < -0.39 is 11.7 Å². The highest BCUT2D eigenvalue weighted by Crippen LogP contribution is 2.37. The van der Waals surface area contributed by atoms with Crippen LogP contribution in [-0.2, 0) is 11.3 Å². The molecular formula is C14H8BrClN2O2. The summed E-state index contributed by atoms with van der Waals surface area (Å²) in [7, 11) is 0. The predicted octanol–water partition coefficient (Wildman–Crippen LogP) is 3.23. The van der Waals surface area contributed by atoms with Crippen LogP contribution in [0.15, 0.2) is 41.1 Å². The van der Waals surface area contributed by atoms with Gasteiger partial charge in [0.25, 0.3) is 11.7 Å². The van der Waals surface area contributed by atoms with E-state index in [9.17, 15) is 9.59 Å². The molecular weight excluding hydrogens is 344 g/mol. The number of ketones is 1. The normalized spacial score (nSPS) is 13.8. The zero-order valence-corrected chi connectivity index (χ0v) is 12.5. The Bertz CT molecular complexity index is 733. The average molecular weight is 352 g/mol. The van der Waals surface area contributed by atoms with Gasteiger partial charge in [0.05, 0.1) is 22.8 Å². The van der Waals surface area contributed by atoms with Crippen molar-refractivity contribution in [1.82, 2.24) is 4.98 Å². The molecule has 1 aromatic carbocycles. The summed E-state index contributed by atoms with van der Waals surface area (Å²) < 4.78 is 0.708. The van der Waals surface area contributed by atoms with Gasteiger partial charge in [0.15, 0.2) is 0 Å². The largest absolute Gasteiger partial charge is 0.299 e. The standard InChI is InChI=1S/C14H8BrClN2O2/c15-10-3-1-2-9-12(10)18(14(20)13(9)19)7-8-4-5-17-6-11(8)16/h1-6H,7H2. The van der Waals surface area contributed by atoms with E-state index in [1.807, 2.05) is 0 Å². The van der Waals surface area contributed by atoms with E-state index in [0.29, 0.717) is 20.7 Å². The molecule has 0 fully saturated rings. The van der Waals surface area contributed by atoms with Gasteiger partial charge in [0, 0.05) is 16.9 Å². The van der Waals surface area contributed by atoms with Crippen molar-refractivity contribution in [2.75, 3.05) is 4.90 Å². The molecule has 1 amide bonds. The summed E-state index contributed by atoms with van der Waals surface area (Å²) >= 11 is 9.44. The number of aromatic nitrogens is 1. The molecule has 4 nitrogen and oxygen atoms in total. The molecule has 2 aromatic rings. The zero-order valence-electron chi connectivity index (χ0n) is 10.1. The molecule has 0 saturated heterocycles. The molecule has 0 N–H and O–H groups in total. The van der Waals surface area contributed by atoms with Gasteiger partial charge in [-0.1, -0.05) is 17.7 Å². The Hall–Kier alpha value is -1.72. The number of nitrogens with zero attached hydrogens (tertiary/aromatic N) is 2. The lowest BCUT2D eigenvalue weighted by Crippen LogP contribution is -2.29. The van der Waals surface area contributed by atoms with Crippen LogP contribution in [0.25, 0.3) is 0 Å². The Morgan fingerprint density at radius 3 is 2.80 bits per heavy atom. The summed E-state index contributed by atoms with van der Waals surface area (Å²) in [6, 6.07) is 6.91. The van der Waals surface area contributed by atoms with Crippen molar-refractivity contribution in [3.63, 3.8) is 0 Å². The van der Waals surface area contributed by atoms with Crippen LogP contribution >= 0.6 is 27.5 Å². The van der Waals surface area contributed by atoms with Gasteiger partial charge in [-0.3, -0.25) is 19.5 Å². The number of rotatable bonds is 2. The van der Waals surface area contributed by atoms with Crippen molar-refractivity contribution in [2.24, 2.45) is 0 Å². The number of hydrogen-bond acceptors (Lipinski definition) is 3. The first-order chi connectivity index (χ1) is 9.59. The first-order valence-electron chi connectivity index (χ1n) is 5.82. The predicted molar refractivity (Wildman–Crippen MR) is 78.9 cm³/mol. The first-order valence-corrected chi connectivity index (χ1v) is 7.00. The Labute approximate surface area is 128 Å². The van der Waals surface area contributed by atoms with Crippen LogP contribution in [-0.4, -0.2) is 16.7 Å². The minimum atomic E-state index is -0.542. The Morgan fingerprint density at radius 2 is 2.05 bits per heavy atom. The molecule has 0 aliphatic carbocycles. The van der Waals surface area contributed by atoms with Gasteiger partial charge >= 0.3 is 0 Å². The van der Waals surface area contributed by atoms with Gasteiger partial charge in [0.1, 0.15) is 0 Å². The van der Waals surface area contributed by atoms with E-state index in [1.54, 1.807) is 30.5 Å². The SMILES string of the molecule is O=C1C(=O)N(Cc2ccncc2Cl)c2c(Br)cccc21. The highest BCUT2D eigenvalue weighted by Gasteiger charge is 2.37. The number of halogens is 2. The van der Waals surface area contributed by atoms with Gasteiger partial charge < -0.3 is 0 Å². The lowest BCUT2D eigenvalue weighted by Gasteiger charge is -2.18.